The van der Waals surface area contributed by atoms with Crippen LogP contribution in [0.25, 0.3) is 10.9 Å². The zero-order valence-electron chi connectivity index (χ0n) is 34.9. The number of carboxylic acids is 1. The molecule has 2 aliphatic heterocycles. The van der Waals surface area contributed by atoms with E-state index in [0.717, 1.165) is 45.1 Å². The van der Waals surface area contributed by atoms with E-state index in [2.05, 4.69) is 36.6 Å². The van der Waals surface area contributed by atoms with Crippen LogP contribution >= 0.6 is 11.8 Å². The smallest absolute Gasteiger partial charge is 0.331 e. The van der Waals surface area contributed by atoms with Gasteiger partial charge in [-0.15, -0.1) is 0 Å². The quantitative estimate of drug-likeness (QED) is 0.0742. The molecule has 4 aromatic rings. The molecule has 1 saturated heterocycles. The number of carboxylic acid groups (broad SMARTS) is 1. The molecule has 0 aliphatic carbocycles. The number of nitrogens with zero attached hydrogens (tertiary/aromatic N) is 2. The van der Waals surface area contributed by atoms with Gasteiger partial charge in [0.25, 0.3) is 5.56 Å². The molecule has 2 aromatic heterocycles. The number of benzene rings is 2. The van der Waals surface area contributed by atoms with Gasteiger partial charge in [-0.2, -0.15) is 11.8 Å². The number of likely N-dealkylation sites (N-methyl/N-ethyl adjacent to an activating group) is 1. The third-order valence-corrected chi connectivity index (χ3v) is 11.9. The number of carbonyl (C=O) groups excluding carboxylic acids is 4. The van der Waals surface area contributed by atoms with Crippen LogP contribution in [-0.4, -0.2) is 120 Å². The van der Waals surface area contributed by atoms with Gasteiger partial charge in [0.15, 0.2) is 0 Å². The largest absolute Gasteiger partial charge is 0.508 e. The second kappa shape index (κ2) is 20.1. The lowest BCUT2D eigenvalue weighted by Crippen LogP contribution is -2.62. The third-order valence-electron chi connectivity index (χ3n) is 11.2. The number of phenols is 1. The van der Waals surface area contributed by atoms with E-state index in [0.29, 0.717) is 11.3 Å². The number of fused-ring (bicyclic) bond motifs is 2. The predicted octanol–water partition coefficient (Wildman–Crippen LogP) is 0.685. The summed E-state index contributed by atoms with van der Waals surface area (Å²) in [5.74, 6) is -2.85. The van der Waals surface area contributed by atoms with Crippen molar-refractivity contribution in [2.75, 3.05) is 19.1 Å². The zero-order chi connectivity index (χ0) is 45.5. The van der Waals surface area contributed by atoms with E-state index >= 15 is 0 Å². The fourth-order valence-electron chi connectivity index (χ4n) is 7.73. The molecule has 6 rings (SSSR count). The Bertz CT molecular complexity index is 2500. The van der Waals surface area contributed by atoms with E-state index in [9.17, 15) is 48.9 Å². The number of hydrogen-bond acceptors (Lipinski definition) is 12. The Morgan fingerprint density at radius 1 is 1.03 bits per heavy atom. The number of urea groups is 1. The Labute approximate surface area is 364 Å². The van der Waals surface area contributed by atoms with E-state index in [-0.39, 0.29) is 43.2 Å². The Morgan fingerprint density at radius 3 is 2.51 bits per heavy atom. The third kappa shape index (κ3) is 10.9. The topological polar surface area (TPSA) is 289 Å². The monoisotopic (exact) mass is 889 g/mol. The number of nitrogens with one attached hydrogen (secondary N) is 7. The minimum atomic E-state index is -1.47. The summed E-state index contributed by atoms with van der Waals surface area (Å²) in [6.07, 6.45) is 3.40. The molecule has 1 fully saturated rings. The molecule has 2 aliphatic rings. The highest BCUT2D eigenvalue weighted by atomic mass is 32.2. The number of amides is 5. The first-order valence-corrected chi connectivity index (χ1v) is 21.6. The van der Waals surface area contributed by atoms with Crippen LogP contribution in [0.3, 0.4) is 0 Å². The molecule has 8 unspecified atom stereocenters. The van der Waals surface area contributed by atoms with Gasteiger partial charge >= 0.3 is 17.7 Å². The average molecular weight is 890 g/mol. The van der Waals surface area contributed by atoms with Crippen molar-refractivity contribution in [3.8, 4) is 5.75 Å². The summed E-state index contributed by atoms with van der Waals surface area (Å²) in [5.41, 5.74) is 1.66. The van der Waals surface area contributed by atoms with Crippen LogP contribution in [0.5, 0.6) is 5.75 Å². The number of carbonyl (C=O) groups is 5. The van der Waals surface area contributed by atoms with Crippen molar-refractivity contribution in [2.24, 2.45) is 0 Å². The summed E-state index contributed by atoms with van der Waals surface area (Å²) in [7, 11) is 1.47. The van der Waals surface area contributed by atoms with Gasteiger partial charge < -0.3 is 51.2 Å². The van der Waals surface area contributed by atoms with Crippen molar-refractivity contribution >= 4 is 52.4 Å². The molecule has 2 aromatic carbocycles. The Balaban J connectivity index is 1.21. The van der Waals surface area contributed by atoms with Crippen LogP contribution in [0.2, 0.25) is 0 Å². The molecule has 5 amide bonds. The predicted molar refractivity (Wildman–Crippen MR) is 231 cm³/mol. The molecule has 10 N–H and O–H groups in total. The highest BCUT2D eigenvalue weighted by molar-refractivity contribution is 7.98. The molecule has 4 heterocycles. The number of hydrogen-bond donors (Lipinski definition) is 10. The maximum absolute atomic E-state index is 14.2. The number of H-pyrrole nitrogens is 2. The standard InChI is InChI=1S/C42H51N9O11S/c1-21-27-10-9-25(52)15-23(27)16-31(45-21)38(57)50(3)22(2)35(37(56)44-20-26-18-33(53)39(62-26)51-13-11-34(54)48-42(51)61)49-36(55)30(12-14-63-4)46-41(60)47-32(40(58)59)17-24-19-43-29-8-6-5-7-28(24)29/h5-11,13,15,19-22,30-33,35,39,43,45,52-53H,12,14,16-18H2,1-4H3,(H,44,56)(H,49,55)(H,58,59)(H2,46,47,60)(H,48,54,61). The van der Waals surface area contributed by atoms with Crippen molar-refractivity contribution in [3.63, 3.8) is 0 Å². The van der Waals surface area contributed by atoms with Crippen molar-refractivity contribution in [1.29, 1.82) is 0 Å². The molecule has 336 valence electrons. The Morgan fingerprint density at radius 2 is 1.78 bits per heavy atom. The van der Waals surface area contributed by atoms with Gasteiger partial charge in [-0.1, -0.05) is 24.3 Å². The van der Waals surface area contributed by atoms with E-state index < -0.39 is 83.5 Å². The Hall–Kier alpha value is -6.58. The number of aromatic nitrogens is 3. The number of aliphatic hydroxyl groups is 1. The number of aliphatic hydroxyl groups excluding tert-OH is 1. The molecule has 8 atom stereocenters. The fraction of sp³-hybridized carbons (Fsp3) is 0.405. The van der Waals surface area contributed by atoms with E-state index in [1.807, 2.05) is 31.2 Å². The number of para-hydroxylation sites is 1. The summed E-state index contributed by atoms with van der Waals surface area (Å²) in [6, 6.07) is 6.22. The first-order chi connectivity index (χ1) is 30.0. The number of phenolic OH excluding ortho intramolecular Hbond substituents is 1. The molecule has 63 heavy (non-hydrogen) atoms. The van der Waals surface area contributed by atoms with Crippen LogP contribution in [0, 0.1) is 0 Å². The number of aromatic hydroxyl groups is 1. The van der Waals surface area contributed by atoms with Crippen LogP contribution in [0.15, 0.2) is 82.5 Å². The first-order valence-electron chi connectivity index (χ1n) is 20.2. The summed E-state index contributed by atoms with van der Waals surface area (Å²) in [4.78, 5) is 98.6. The van der Waals surface area contributed by atoms with Crippen molar-refractivity contribution in [3.05, 3.63) is 110 Å². The molecule has 0 radical (unpaired) electrons. The second-order valence-corrected chi connectivity index (χ2v) is 16.5. The number of rotatable bonds is 16. The van der Waals surface area contributed by atoms with Crippen molar-refractivity contribution in [2.45, 2.75) is 88.1 Å². The Kier molecular flexibility index (Phi) is 14.6. The van der Waals surface area contributed by atoms with Gasteiger partial charge in [-0.25, -0.2) is 14.4 Å². The lowest BCUT2D eigenvalue weighted by Gasteiger charge is -2.37. The second-order valence-electron chi connectivity index (χ2n) is 15.5. The van der Waals surface area contributed by atoms with Gasteiger partial charge in [0, 0.05) is 61.5 Å². The molecule has 21 heteroatoms. The van der Waals surface area contributed by atoms with E-state index in [1.54, 1.807) is 37.6 Å². The maximum Gasteiger partial charge on any atom is 0.331 e. The SMILES string of the molecule is CSCCC(NC(=O)NC(Cc1c[nH]c2ccccc12)C(=O)O)C(=O)NC(C(=O)NC=C1CC(O)C(n2ccc(=O)[nH]c2=O)O1)C(C)N(C)C(=O)C1Cc2cc(O)ccc2C(C)N1. The van der Waals surface area contributed by atoms with Gasteiger partial charge in [-0.05, 0) is 73.6 Å². The number of aliphatic carboxylic acids is 1. The lowest BCUT2D eigenvalue weighted by atomic mass is 9.90. The highest BCUT2D eigenvalue weighted by Crippen LogP contribution is 2.31. The van der Waals surface area contributed by atoms with Crippen molar-refractivity contribution in [1.82, 2.24) is 46.0 Å². The normalized spacial score (nSPS) is 20.7. The number of ether oxygens (including phenoxy) is 1. The minimum Gasteiger partial charge on any atom is -0.508 e. The van der Waals surface area contributed by atoms with Crippen LogP contribution in [0.1, 0.15) is 55.6 Å². The van der Waals surface area contributed by atoms with Gasteiger partial charge in [0.2, 0.25) is 23.9 Å². The molecular weight excluding hydrogens is 839 g/mol. The average Bonchev–Trinajstić information content (AvgIpc) is 3.84. The van der Waals surface area contributed by atoms with Crippen LogP contribution in [-0.2, 0) is 36.8 Å². The van der Waals surface area contributed by atoms with Gasteiger partial charge in [0.05, 0.1) is 12.1 Å². The molecule has 0 bridgehead atoms. The van der Waals surface area contributed by atoms with Crippen molar-refractivity contribution < 1.29 is 44.0 Å². The maximum atomic E-state index is 14.2. The summed E-state index contributed by atoms with van der Waals surface area (Å²) in [6.45, 7) is 3.43. The number of aromatic amines is 2. The fourth-order valence-corrected chi connectivity index (χ4v) is 8.20. The number of thioether (sulfide) groups is 1. The molecule has 0 spiro atoms. The molecule has 20 nitrogen and oxygen atoms in total. The van der Waals surface area contributed by atoms with E-state index in [1.165, 1.54) is 23.7 Å². The minimum absolute atomic E-state index is 0.0475. The van der Waals surface area contributed by atoms with Crippen LogP contribution < -0.4 is 37.8 Å². The molecule has 0 saturated carbocycles. The zero-order valence-corrected chi connectivity index (χ0v) is 35.7. The highest BCUT2D eigenvalue weighted by Gasteiger charge is 2.39. The summed E-state index contributed by atoms with van der Waals surface area (Å²) in [5, 5.41) is 45.3. The molecular formula is C42H51N9O11S. The summed E-state index contributed by atoms with van der Waals surface area (Å²) < 4.78 is 6.74. The summed E-state index contributed by atoms with van der Waals surface area (Å²) >= 11 is 1.39. The van der Waals surface area contributed by atoms with Crippen LogP contribution in [0.4, 0.5) is 4.79 Å². The van der Waals surface area contributed by atoms with Gasteiger partial charge in [-0.3, -0.25) is 34.0 Å². The van der Waals surface area contributed by atoms with E-state index in [4.69, 9.17) is 4.74 Å². The lowest BCUT2D eigenvalue weighted by molar-refractivity contribution is -0.139. The van der Waals surface area contributed by atoms with Gasteiger partial charge in [0.1, 0.15) is 35.7 Å². The first kappa shape index (κ1) is 45.9.